The Balaban J connectivity index is 1.35. The molecule has 0 aliphatic heterocycles. The van der Waals surface area contributed by atoms with Gasteiger partial charge in [-0.3, -0.25) is 9.59 Å². The Kier molecular flexibility index (Phi) is 3.28. The van der Waals surface area contributed by atoms with Gasteiger partial charge in [0.05, 0.1) is 11.0 Å². The lowest BCUT2D eigenvalue weighted by Gasteiger charge is -2.62. The minimum absolute atomic E-state index is 0.0452. The molecule has 1 spiro atoms. The van der Waals surface area contributed by atoms with Gasteiger partial charge in [-0.2, -0.15) is 0 Å². The van der Waals surface area contributed by atoms with Crippen molar-refractivity contribution in [3.8, 4) is 0 Å². The van der Waals surface area contributed by atoms with E-state index in [-0.39, 0.29) is 38.7 Å². The molecule has 7 aliphatic rings. The summed E-state index contributed by atoms with van der Waals surface area (Å²) >= 11 is 0. The van der Waals surface area contributed by atoms with Gasteiger partial charge in [0.2, 0.25) is 0 Å². The fourth-order valence-electron chi connectivity index (χ4n) is 9.67. The molecule has 30 heavy (non-hydrogen) atoms. The van der Waals surface area contributed by atoms with E-state index in [0.29, 0.717) is 23.4 Å². The number of hydrogen-bond acceptors (Lipinski definition) is 3. The molecule has 7 aliphatic carbocycles. The predicted molar refractivity (Wildman–Crippen MR) is 119 cm³/mol. The van der Waals surface area contributed by atoms with E-state index in [1.54, 1.807) is 0 Å². The van der Waals surface area contributed by atoms with Crippen molar-refractivity contribution >= 4 is 19.9 Å². The number of rotatable bonds is 2. The summed E-state index contributed by atoms with van der Waals surface area (Å²) in [6, 6.07) is 0. The van der Waals surface area contributed by atoms with Gasteiger partial charge in [-0.25, -0.2) is 0 Å². The number of carbonyl (C=O) groups excluding carboxylic acids is 2. The number of hydrogen-bond donors (Lipinski definition) is 0. The first-order chi connectivity index (χ1) is 13.6. The van der Waals surface area contributed by atoms with Crippen LogP contribution >= 0.6 is 0 Å². The van der Waals surface area contributed by atoms with Gasteiger partial charge in [0.15, 0.2) is 19.9 Å². The standard InChI is InChI=1S/C26H40O3Si/c1-21(2,3)30(7,8)29-25-12-11-22(4)16(23(25,5)14-25)9-10-26-17(22)13-15-18(19(26)27)24(15,6)20(26)28/h15-18H,9-14H2,1-8H3/t15-,16-,17+,18+,22-,23-,24-,25+,26+/m0/s1. The van der Waals surface area contributed by atoms with E-state index < -0.39 is 13.7 Å². The first-order valence-corrected chi connectivity index (χ1v) is 15.3. The Morgan fingerprint density at radius 2 is 1.67 bits per heavy atom. The zero-order valence-corrected chi connectivity index (χ0v) is 21.3. The maximum atomic E-state index is 13.6. The van der Waals surface area contributed by atoms with Gasteiger partial charge in [0.25, 0.3) is 0 Å². The van der Waals surface area contributed by atoms with Crippen molar-refractivity contribution in [2.75, 3.05) is 0 Å². The molecule has 0 aromatic carbocycles. The van der Waals surface area contributed by atoms with Crippen LogP contribution in [0.3, 0.4) is 0 Å². The molecule has 4 bridgehead atoms. The van der Waals surface area contributed by atoms with Crippen LogP contribution in [-0.4, -0.2) is 25.5 Å². The fraction of sp³-hybridized carbons (Fsp3) is 0.923. The minimum atomic E-state index is -1.84. The highest BCUT2D eigenvalue weighted by Crippen LogP contribution is 2.85. The second kappa shape index (κ2) is 4.88. The lowest BCUT2D eigenvalue weighted by molar-refractivity contribution is -0.178. The van der Waals surface area contributed by atoms with Crippen LogP contribution < -0.4 is 0 Å². The molecule has 7 rings (SSSR count). The molecule has 3 nitrogen and oxygen atoms in total. The molecule has 0 saturated heterocycles. The summed E-state index contributed by atoms with van der Waals surface area (Å²) in [6.45, 7) is 18.8. The van der Waals surface area contributed by atoms with E-state index in [2.05, 4.69) is 54.6 Å². The third-order valence-electron chi connectivity index (χ3n) is 12.5. The molecular weight excluding hydrogens is 388 g/mol. The van der Waals surface area contributed by atoms with Crippen molar-refractivity contribution in [1.29, 1.82) is 0 Å². The molecule has 9 atom stereocenters. The first kappa shape index (κ1) is 20.1. The Morgan fingerprint density at radius 1 is 1.00 bits per heavy atom. The molecule has 0 aromatic rings. The van der Waals surface area contributed by atoms with E-state index in [4.69, 9.17) is 4.43 Å². The third kappa shape index (κ3) is 1.77. The Labute approximate surface area is 183 Å². The number of ketones is 2. The number of fused-ring (bicyclic) bond motifs is 3. The first-order valence-electron chi connectivity index (χ1n) is 12.4. The second-order valence-corrected chi connectivity index (χ2v) is 19.1. The predicted octanol–water partition coefficient (Wildman–Crippen LogP) is 5.78. The maximum absolute atomic E-state index is 13.6. The summed E-state index contributed by atoms with van der Waals surface area (Å²) in [7, 11) is -1.84. The Morgan fingerprint density at radius 3 is 2.23 bits per heavy atom. The molecule has 0 radical (unpaired) electrons. The van der Waals surface area contributed by atoms with Crippen LogP contribution in [0.15, 0.2) is 0 Å². The number of Topliss-reactive ketones (excluding diaryl/α,β-unsaturated/α-hetero) is 2. The van der Waals surface area contributed by atoms with Crippen molar-refractivity contribution in [3.05, 3.63) is 0 Å². The highest BCUT2D eigenvalue weighted by atomic mass is 28.4. The molecule has 4 heteroatoms. The van der Waals surface area contributed by atoms with E-state index >= 15 is 0 Å². The highest BCUT2D eigenvalue weighted by Gasteiger charge is 2.89. The van der Waals surface area contributed by atoms with Gasteiger partial charge < -0.3 is 4.43 Å². The molecule has 0 N–H and O–H groups in total. The van der Waals surface area contributed by atoms with E-state index in [1.807, 2.05) is 0 Å². The van der Waals surface area contributed by atoms with Gasteiger partial charge >= 0.3 is 0 Å². The summed E-state index contributed by atoms with van der Waals surface area (Å²) in [5.74, 6) is 1.99. The zero-order chi connectivity index (χ0) is 21.9. The molecule has 166 valence electrons. The molecule has 0 unspecified atom stereocenters. The van der Waals surface area contributed by atoms with Gasteiger partial charge in [0, 0.05) is 16.7 Å². The van der Waals surface area contributed by atoms with Crippen LogP contribution in [0.5, 0.6) is 0 Å². The van der Waals surface area contributed by atoms with Crippen molar-refractivity contribution in [3.63, 3.8) is 0 Å². The lowest BCUT2D eigenvalue weighted by Crippen LogP contribution is -2.63. The molecule has 7 saturated carbocycles. The van der Waals surface area contributed by atoms with Gasteiger partial charge in [0.1, 0.15) is 0 Å². The summed E-state index contributed by atoms with van der Waals surface area (Å²) in [5, 5.41) is 0.224. The summed E-state index contributed by atoms with van der Waals surface area (Å²) < 4.78 is 7.17. The van der Waals surface area contributed by atoms with Crippen molar-refractivity contribution in [2.45, 2.75) is 104 Å². The van der Waals surface area contributed by atoms with Crippen LogP contribution in [-0.2, 0) is 14.0 Å². The van der Waals surface area contributed by atoms with Crippen LogP contribution in [0.4, 0.5) is 0 Å². The van der Waals surface area contributed by atoms with E-state index in [9.17, 15) is 9.59 Å². The summed E-state index contributed by atoms with van der Waals surface area (Å²) in [5.41, 5.74) is -0.528. The van der Waals surface area contributed by atoms with E-state index in [0.717, 1.165) is 32.1 Å². The normalized spacial score (nSPS) is 58.1. The zero-order valence-electron chi connectivity index (χ0n) is 20.3. The SMILES string of the molecule is CC(C)(C)[Si](C)(C)O[C@@]12CC[C@]3(C)[C@H]4C[C@H]5[C@@H]6C(=O)[C@]4(CC[C@@H]3[C@]1(C)C2)C(=O)[C@@]56C. The number of carbonyl (C=O) groups is 2. The molecule has 0 amide bonds. The summed E-state index contributed by atoms with van der Waals surface area (Å²) in [6.07, 6.45) is 6.40. The Bertz CT molecular complexity index is 902. The quantitative estimate of drug-likeness (QED) is 0.414. The molecule has 0 aromatic heterocycles. The van der Waals surface area contributed by atoms with Crippen molar-refractivity contribution in [1.82, 2.24) is 0 Å². The van der Waals surface area contributed by atoms with Crippen LogP contribution in [0, 0.1) is 45.3 Å². The second-order valence-electron chi connectivity index (χ2n) is 14.4. The smallest absolute Gasteiger partial charge is 0.192 e. The van der Waals surface area contributed by atoms with Gasteiger partial charge in [-0.1, -0.05) is 41.5 Å². The monoisotopic (exact) mass is 428 g/mol. The van der Waals surface area contributed by atoms with Gasteiger partial charge in [-0.15, -0.1) is 0 Å². The highest BCUT2D eigenvalue weighted by molar-refractivity contribution is 6.74. The lowest BCUT2D eigenvalue weighted by atomic mass is 9.41. The van der Waals surface area contributed by atoms with Gasteiger partial charge in [-0.05, 0) is 79.8 Å². The minimum Gasteiger partial charge on any atom is -0.411 e. The molecular formula is C26H40O3Si. The fourth-order valence-corrected chi connectivity index (χ4v) is 11.4. The topological polar surface area (TPSA) is 43.4 Å². The average Bonchev–Trinajstić information content (AvgIpc) is 3.42. The molecule has 0 heterocycles. The van der Waals surface area contributed by atoms with Crippen LogP contribution in [0.2, 0.25) is 18.1 Å². The maximum Gasteiger partial charge on any atom is 0.192 e. The van der Waals surface area contributed by atoms with Crippen molar-refractivity contribution in [2.24, 2.45) is 45.3 Å². The third-order valence-corrected chi connectivity index (χ3v) is 17.0. The van der Waals surface area contributed by atoms with Crippen molar-refractivity contribution < 1.29 is 14.0 Å². The van der Waals surface area contributed by atoms with Crippen LogP contribution in [0.1, 0.15) is 80.1 Å². The van der Waals surface area contributed by atoms with Crippen LogP contribution in [0.25, 0.3) is 0 Å². The Hall–Kier alpha value is -0.483. The van der Waals surface area contributed by atoms with E-state index in [1.165, 1.54) is 6.42 Å². The summed E-state index contributed by atoms with van der Waals surface area (Å²) in [4.78, 5) is 27.1. The largest absolute Gasteiger partial charge is 0.411 e. The molecule has 7 fully saturated rings. The average molecular weight is 429 g/mol.